The van der Waals surface area contributed by atoms with Crippen LogP contribution in [-0.4, -0.2) is 54.2 Å². The Hall–Kier alpha value is -3.35. The molecule has 2 aromatic rings. The summed E-state index contributed by atoms with van der Waals surface area (Å²) in [4.78, 5) is 38.4. The van der Waals surface area contributed by atoms with Crippen molar-refractivity contribution in [3.63, 3.8) is 0 Å². The molecular weight excluding hydrogens is 444 g/mol. The number of carbonyl (C=O) groups excluding carboxylic acids is 2. The third kappa shape index (κ3) is 5.34. The van der Waals surface area contributed by atoms with Crippen molar-refractivity contribution in [3.05, 3.63) is 59.7 Å². The second-order valence-corrected chi connectivity index (χ2v) is 10.1. The molecule has 1 aliphatic heterocycles. The largest absolute Gasteiger partial charge is 0.481 e. The maximum Gasteiger partial charge on any atom is 0.407 e. The molecule has 1 saturated heterocycles. The van der Waals surface area contributed by atoms with Crippen molar-refractivity contribution in [1.29, 1.82) is 0 Å². The summed E-state index contributed by atoms with van der Waals surface area (Å²) in [6.07, 6.45) is -0.230. The van der Waals surface area contributed by atoms with Crippen LogP contribution in [0.15, 0.2) is 48.5 Å². The Bertz CT molecular complexity index is 1050. The molecule has 0 radical (unpaired) electrons. The fourth-order valence-electron chi connectivity index (χ4n) is 5.25. The first-order valence-electron chi connectivity index (χ1n) is 12.4. The predicted octanol–water partition coefficient (Wildman–Crippen LogP) is 4.37. The number of hydrogen-bond donors (Lipinski definition) is 2. The maximum absolute atomic E-state index is 12.8. The van der Waals surface area contributed by atoms with Crippen molar-refractivity contribution in [2.24, 2.45) is 23.7 Å². The van der Waals surface area contributed by atoms with Gasteiger partial charge in [-0.25, -0.2) is 4.79 Å². The number of aliphatic carboxylic acids is 1. The van der Waals surface area contributed by atoms with Gasteiger partial charge in [-0.3, -0.25) is 9.59 Å². The third-order valence-electron chi connectivity index (χ3n) is 7.51. The first-order chi connectivity index (χ1) is 16.8. The Kier molecular flexibility index (Phi) is 7.43. The van der Waals surface area contributed by atoms with Gasteiger partial charge in [0, 0.05) is 32.0 Å². The lowest BCUT2D eigenvalue weighted by molar-refractivity contribution is -0.142. The van der Waals surface area contributed by atoms with E-state index in [1.807, 2.05) is 45.0 Å². The van der Waals surface area contributed by atoms with Crippen molar-refractivity contribution in [1.82, 2.24) is 10.2 Å². The number of rotatable bonds is 8. The predicted molar refractivity (Wildman–Crippen MR) is 133 cm³/mol. The fraction of sp³-hybridized carbons (Fsp3) is 0.464. The first kappa shape index (κ1) is 24.8. The Morgan fingerprint density at radius 3 is 2.17 bits per heavy atom. The average molecular weight is 479 g/mol. The summed E-state index contributed by atoms with van der Waals surface area (Å²) < 4.78 is 5.62. The second-order valence-electron chi connectivity index (χ2n) is 10.1. The molecule has 7 nitrogen and oxygen atoms in total. The molecule has 35 heavy (non-hydrogen) atoms. The number of alkyl carbamates (subject to hydrolysis) is 1. The Morgan fingerprint density at radius 1 is 1.03 bits per heavy atom. The maximum atomic E-state index is 12.8. The van der Waals surface area contributed by atoms with Gasteiger partial charge in [-0.2, -0.15) is 0 Å². The number of ether oxygens (including phenoxy) is 1. The van der Waals surface area contributed by atoms with Crippen molar-refractivity contribution in [3.8, 4) is 11.1 Å². The number of likely N-dealkylation sites (tertiary alicyclic amines) is 1. The lowest BCUT2D eigenvalue weighted by Gasteiger charge is -2.24. The highest BCUT2D eigenvalue weighted by Gasteiger charge is 2.37. The smallest absolute Gasteiger partial charge is 0.407 e. The summed E-state index contributed by atoms with van der Waals surface area (Å²) in [6, 6.07) is 16.4. The molecule has 2 N–H and O–H groups in total. The number of amides is 2. The van der Waals surface area contributed by atoms with Gasteiger partial charge in [-0.15, -0.1) is 0 Å². The van der Waals surface area contributed by atoms with Crippen LogP contribution in [0.25, 0.3) is 11.1 Å². The summed E-state index contributed by atoms with van der Waals surface area (Å²) in [5, 5.41) is 12.2. The monoisotopic (exact) mass is 478 g/mol. The zero-order valence-corrected chi connectivity index (χ0v) is 20.6. The number of nitrogens with one attached hydrogen (secondary N) is 1. The van der Waals surface area contributed by atoms with Crippen molar-refractivity contribution in [2.45, 2.75) is 33.1 Å². The standard InChI is InChI=1S/C28H34N2O5/c1-17(2)19(12-26(31)30-14-18(3)24(15-30)27(32)33)13-29-28(34)35-16-25-22-10-6-4-8-20(22)21-9-5-7-11-23(21)25/h4-11,17-19,24-25H,12-16H2,1-3H3,(H,29,34)(H,32,33)/t18-,19?,24-/m1/s1. The van der Waals surface area contributed by atoms with E-state index < -0.39 is 18.0 Å². The van der Waals surface area contributed by atoms with E-state index in [1.165, 1.54) is 11.1 Å². The highest BCUT2D eigenvalue weighted by molar-refractivity contribution is 5.80. The van der Waals surface area contributed by atoms with E-state index in [9.17, 15) is 19.5 Å². The minimum atomic E-state index is -0.856. The lowest BCUT2D eigenvalue weighted by atomic mass is 9.92. The molecule has 0 saturated carbocycles. The Balaban J connectivity index is 1.30. The SMILES string of the molecule is CC(C)C(CNC(=O)OCC1c2ccccc2-c2ccccc21)CC(=O)N1C[C@@H](C)[C@H](C(=O)O)C1. The van der Waals surface area contributed by atoms with Gasteiger partial charge in [-0.05, 0) is 40.0 Å². The molecule has 2 aromatic carbocycles. The van der Waals surface area contributed by atoms with E-state index in [1.54, 1.807) is 4.90 Å². The van der Waals surface area contributed by atoms with Crippen LogP contribution < -0.4 is 5.32 Å². The summed E-state index contributed by atoms with van der Waals surface area (Å²) >= 11 is 0. The number of carboxylic acids is 1. The minimum Gasteiger partial charge on any atom is -0.481 e. The van der Waals surface area contributed by atoms with E-state index in [4.69, 9.17) is 4.74 Å². The van der Waals surface area contributed by atoms with Crippen LogP contribution in [0.3, 0.4) is 0 Å². The van der Waals surface area contributed by atoms with Gasteiger partial charge < -0.3 is 20.1 Å². The van der Waals surface area contributed by atoms with E-state index in [-0.39, 0.29) is 49.2 Å². The van der Waals surface area contributed by atoms with Crippen LogP contribution in [0.4, 0.5) is 4.79 Å². The molecule has 186 valence electrons. The lowest BCUT2D eigenvalue weighted by Crippen LogP contribution is -2.37. The Labute approximate surface area is 206 Å². The molecule has 7 heteroatoms. The van der Waals surface area contributed by atoms with Gasteiger partial charge in [0.2, 0.25) is 5.91 Å². The van der Waals surface area contributed by atoms with Crippen molar-refractivity contribution in [2.75, 3.05) is 26.2 Å². The molecular formula is C28H34N2O5. The van der Waals surface area contributed by atoms with Crippen molar-refractivity contribution < 1.29 is 24.2 Å². The van der Waals surface area contributed by atoms with Gasteiger partial charge in [0.15, 0.2) is 0 Å². The summed E-state index contributed by atoms with van der Waals surface area (Å²) in [5.74, 6) is -1.40. The molecule has 0 bridgehead atoms. The van der Waals surface area contributed by atoms with Gasteiger partial charge in [-0.1, -0.05) is 69.3 Å². The first-order valence-corrected chi connectivity index (χ1v) is 12.4. The molecule has 1 unspecified atom stereocenters. The van der Waals surface area contributed by atoms with Crippen LogP contribution >= 0.6 is 0 Å². The molecule has 1 heterocycles. The molecule has 1 aliphatic carbocycles. The number of nitrogens with zero attached hydrogens (tertiary/aromatic N) is 1. The number of hydrogen-bond acceptors (Lipinski definition) is 4. The summed E-state index contributed by atoms with van der Waals surface area (Å²) in [5.41, 5.74) is 4.67. The van der Waals surface area contributed by atoms with Gasteiger partial charge in [0.05, 0.1) is 5.92 Å². The second kappa shape index (κ2) is 10.5. The van der Waals surface area contributed by atoms with Crippen molar-refractivity contribution >= 4 is 18.0 Å². The van der Waals surface area contributed by atoms with Crippen LogP contribution in [0, 0.1) is 23.7 Å². The highest BCUT2D eigenvalue weighted by Crippen LogP contribution is 2.44. The van der Waals surface area contributed by atoms with Gasteiger partial charge in [0.1, 0.15) is 6.61 Å². The molecule has 3 atom stereocenters. The van der Waals surface area contributed by atoms with Gasteiger partial charge >= 0.3 is 12.1 Å². The average Bonchev–Trinajstić information content (AvgIpc) is 3.38. The molecule has 2 amide bonds. The van der Waals surface area contributed by atoms with E-state index in [0.717, 1.165) is 11.1 Å². The Morgan fingerprint density at radius 2 is 1.63 bits per heavy atom. The zero-order chi connectivity index (χ0) is 25.1. The molecule has 1 fully saturated rings. The minimum absolute atomic E-state index is 0.00467. The normalized spacial score (nSPS) is 19.8. The van der Waals surface area contributed by atoms with Crippen LogP contribution in [-0.2, 0) is 14.3 Å². The van der Waals surface area contributed by atoms with E-state index in [2.05, 4.69) is 29.6 Å². The molecule has 0 spiro atoms. The van der Waals surface area contributed by atoms with Gasteiger partial charge in [0.25, 0.3) is 0 Å². The van der Waals surface area contributed by atoms with Crippen LogP contribution in [0.2, 0.25) is 0 Å². The van der Waals surface area contributed by atoms with Crippen LogP contribution in [0.5, 0.6) is 0 Å². The number of carboxylic acid groups (broad SMARTS) is 1. The fourth-order valence-corrected chi connectivity index (χ4v) is 5.25. The summed E-state index contributed by atoms with van der Waals surface area (Å²) in [7, 11) is 0. The molecule has 2 aliphatic rings. The number of benzene rings is 2. The van der Waals surface area contributed by atoms with E-state index in [0.29, 0.717) is 13.1 Å². The van der Waals surface area contributed by atoms with Crippen LogP contribution in [0.1, 0.15) is 44.2 Å². The molecule has 0 aromatic heterocycles. The topological polar surface area (TPSA) is 95.9 Å². The van der Waals surface area contributed by atoms with E-state index >= 15 is 0 Å². The third-order valence-corrected chi connectivity index (χ3v) is 7.51. The highest BCUT2D eigenvalue weighted by atomic mass is 16.5. The number of fused-ring (bicyclic) bond motifs is 3. The molecule has 4 rings (SSSR count). The summed E-state index contributed by atoms with van der Waals surface area (Å²) in [6.45, 7) is 7.18. The number of carbonyl (C=O) groups is 3. The zero-order valence-electron chi connectivity index (χ0n) is 20.6. The quantitative estimate of drug-likeness (QED) is 0.588.